The fourth-order valence-corrected chi connectivity index (χ4v) is 3.71. The zero-order valence-corrected chi connectivity index (χ0v) is 16.5. The number of nitrogens with one attached hydrogen (secondary N) is 1. The number of benzene rings is 1. The van der Waals surface area contributed by atoms with Crippen molar-refractivity contribution in [3.8, 4) is 0 Å². The maximum Gasteiger partial charge on any atom is 0.258 e. The summed E-state index contributed by atoms with van der Waals surface area (Å²) in [7, 11) is 0. The Balaban J connectivity index is 1.49. The van der Waals surface area contributed by atoms with Crippen LogP contribution in [0.15, 0.2) is 53.5 Å². The van der Waals surface area contributed by atoms with Crippen LogP contribution in [0.2, 0.25) is 0 Å². The van der Waals surface area contributed by atoms with Crippen molar-refractivity contribution in [1.29, 1.82) is 0 Å². The first-order valence-corrected chi connectivity index (χ1v) is 9.87. The Morgan fingerprint density at radius 1 is 1.17 bits per heavy atom. The van der Waals surface area contributed by atoms with Gasteiger partial charge in [-0.2, -0.15) is 0 Å². The van der Waals surface area contributed by atoms with Crippen LogP contribution in [0.4, 0.5) is 4.39 Å². The van der Waals surface area contributed by atoms with Crippen LogP contribution >= 0.6 is 0 Å². The van der Waals surface area contributed by atoms with Gasteiger partial charge in [0, 0.05) is 44.5 Å². The Morgan fingerprint density at radius 3 is 2.69 bits per heavy atom. The molecule has 3 heterocycles. The third kappa shape index (κ3) is 4.70. The minimum absolute atomic E-state index is 0.0879. The van der Waals surface area contributed by atoms with E-state index in [0.717, 1.165) is 24.2 Å². The summed E-state index contributed by atoms with van der Waals surface area (Å²) in [6.07, 6.45) is 1.75. The van der Waals surface area contributed by atoms with Crippen LogP contribution in [0, 0.1) is 12.7 Å². The number of aromatic nitrogens is 2. The van der Waals surface area contributed by atoms with E-state index in [2.05, 4.69) is 15.2 Å². The fraction of sp³-hybridized carbons (Fsp3) is 0.364. The number of hydrogen-bond acceptors (Lipinski definition) is 5. The molecule has 0 unspecified atom stereocenters. The first kappa shape index (κ1) is 19.7. The van der Waals surface area contributed by atoms with Crippen molar-refractivity contribution in [2.24, 2.45) is 0 Å². The summed E-state index contributed by atoms with van der Waals surface area (Å²) in [5.41, 5.74) is 3.39. The molecule has 1 saturated heterocycles. The van der Waals surface area contributed by atoms with Gasteiger partial charge in [-0.15, -0.1) is 0 Å². The van der Waals surface area contributed by atoms with E-state index in [1.54, 1.807) is 16.7 Å². The summed E-state index contributed by atoms with van der Waals surface area (Å²) in [6.45, 7) is 6.19. The second kappa shape index (κ2) is 8.82. The summed E-state index contributed by atoms with van der Waals surface area (Å²) in [5, 5.41) is 3.43. The summed E-state index contributed by atoms with van der Waals surface area (Å²) in [5.74, 6) is -0.237. The topological polar surface area (TPSA) is 58.9 Å². The number of aryl methyl sites for hydroxylation is 1. The second-order valence-electron chi connectivity index (χ2n) is 7.36. The number of ether oxygens (including phenoxy) is 1. The van der Waals surface area contributed by atoms with Crippen LogP contribution < -0.4 is 10.9 Å². The molecule has 6 nitrogen and oxygen atoms in total. The van der Waals surface area contributed by atoms with E-state index in [0.29, 0.717) is 37.6 Å². The largest absolute Gasteiger partial charge is 0.379 e. The van der Waals surface area contributed by atoms with E-state index in [4.69, 9.17) is 4.74 Å². The second-order valence-corrected chi connectivity index (χ2v) is 7.36. The van der Waals surface area contributed by atoms with Crippen molar-refractivity contribution >= 4 is 5.65 Å². The van der Waals surface area contributed by atoms with E-state index in [-0.39, 0.29) is 17.4 Å². The molecule has 0 spiro atoms. The third-order valence-corrected chi connectivity index (χ3v) is 5.26. The molecule has 0 amide bonds. The number of morpholine rings is 1. The van der Waals surface area contributed by atoms with Gasteiger partial charge < -0.3 is 10.1 Å². The number of hydrogen-bond donors (Lipinski definition) is 1. The van der Waals surface area contributed by atoms with Gasteiger partial charge in [0.2, 0.25) is 0 Å². The average molecular weight is 396 g/mol. The molecule has 1 aromatic carbocycles. The molecular weight excluding hydrogens is 371 g/mol. The van der Waals surface area contributed by atoms with Gasteiger partial charge in [0.15, 0.2) is 0 Å². The molecule has 4 rings (SSSR count). The SMILES string of the molecule is Cc1ccn2c(=O)cc(CNC[C@H](c3ccc(F)cc3)N3CCOCC3)nc2c1. The van der Waals surface area contributed by atoms with Crippen LogP contribution in [-0.2, 0) is 11.3 Å². The average Bonchev–Trinajstić information content (AvgIpc) is 2.72. The Kier molecular flexibility index (Phi) is 5.99. The Labute approximate surface area is 169 Å². The molecule has 3 aromatic rings. The standard InChI is InChI=1S/C22H25FN4O2/c1-16-6-7-27-21(12-16)25-19(13-22(27)28)14-24-15-20(26-8-10-29-11-9-26)17-2-4-18(23)5-3-17/h2-7,12-13,20,24H,8-11,14-15H2,1H3/t20-/m1/s1. The first-order valence-electron chi connectivity index (χ1n) is 9.87. The van der Waals surface area contributed by atoms with Crippen LogP contribution in [-0.4, -0.2) is 47.1 Å². The van der Waals surface area contributed by atoms with E-state index in [9.17, 15) is 9.18 Å². The zero-order valence-electron chi connectivity index (χ0n) is 16.5. The molecule has 1 N–H and O–H groups in total. The summed E-state index contributed by atoms with van der Waals surface area (Å²) in [4.78, 5) is 19.3. The van der Waals surface area contributed by atoms with Crippen molar-refractivity contribution < 1.29 is 9.13 Å². The van der Waals surface area contributed by atoms with Gasteiger partial charge in [0.05, 0.1) is 18.9 Å². The lowest BCUT2D eigenvalue weighted by molar-refractivity contribution is 0.0160. The molecule has 0 aliphatic carbocycles. The number of fused-ring (bicyclic) bond motifs is 1. The lowest BCUT2D eigenvalue weighted by Crippen LogP contribution is -2.42. The van der Waals surface area contributed by atoms with E-state index in [1.807, 2.05) is 31.2 Å². The highest BCUT2D eigenvalue weighted by molar-refractivity contribution is 5.41. The van der Waals surface area contributed by atoms with Crippen molar-refractivity contribution in [2.75, 3.05) is 32.8 Å². The van der Waals surface area contributed by atoms with Gasteiger partial charge in [-0.3, -0.25) is 14.1 Å². The molecule has 0 bridgehead atoms. The molecule has 1 aliphatic rings. The molecule has 1 fully saturated rings. The van der Waals surface area contributed by atoms with Gasteiger partial charge in [-0.05, 0) is 42.3 Å². The highest BCUT2D eigenvalue weighted by atomic mass is 19.1. The summed E-state index contributed by atoms with van der Waals surface area (Å²) >= 11 is 0. The Morgan fingerprint density at radius 2 is 1.93 bits per heavy atom. The van der Waals surface area contributed by atoms with Crippen LogP contribution in [0.3, 0.4) is 0 Å². The van der Waals surface area contributed by atoms with Gasteiger partial charge in [-0.1, -0.05) is 12.1 Å². The van der Waals surface area contributed by atoms with Crippen LogP contribution in [0.5, 0.6) is 0 Å². The van der Waals surface area contributed by atoms with Gasteiger partial charge in [0.1, 0.15) is 11.5 Å². The van der Waals surface area contributed by atoms with E-state index >= 15 is 0 Å². The predicted molar refractivity (Wildman–Crippen MR) is 109 cm³/mol. The molecule has 29 heavy (non-hydrogen) atoms. The van der Waals surface area contributed by atoms with E-state index in [1.165, 1.54) is 12.1 Å². The molecule has 1 atom stereocenters. The lowest BCUT2D eigenvalue weighted by Gasteiger charge is -2.35. The predicted octanol–water partition coefficient (Wildman–Crippen LogP) is 2.31. The number of nitrogens with zero attached hydrogens (tertiary/aromatic N) is 3. The van der Waals surface area contributed by atoms with Crippen molar-refractivity contribution in [3.63, 3.8) is 0 Å². The molecule has 0 radical (unpaired) electrons. The van der Waals surface area contributed by atoms with Gasteiger partial charge in [-0.25, -0.2) is 9.37 Å². The normalized spacial score (nSPS) is 16.2. The smallest absolute Gasteiger partial charge is 0.258 e. The molecule has 2 aromatic heterocycles. The Bertz CT molecular complexity index is 1030. The third-order valence-electron chi connectivity index (χ3n) is 5.26. The van der Waals surface area contributed by atoms with Crippen molar-refractivity contribution in [2.45, 2.75) is 19.5 Å². The van der Waals surface area contributed by atoms with E-state index < -0.39 is 0 Å². The minimum atomic E-state index is -0.237. The molecule has 0 saturated carbocycles. The van der Waals surface area contributed by atoms with Crippen LogP contribution in [0.25, 0.3) is 5.65 Å². The number of halogens is 1. The highest BCUT2D eigenvalue weighted by Gasteiger charge is 2.22. The molecular formula is C22H25FN4O2. The maximum absolute atomic E-state index is 13.4. The minimum Gasteiger partial charge on any atom is -0.379 e. The zero-order chi connectivity index (χ0) is 20.2. The molecule has 1 aliphatic heterocycles. The molecule has 7 heteroatoms. The first-order chi connectivity index (χ1) is 14.1. The summed E-state index contributed by atoms with van der Waals surface area (Å²) in [6, 6.07) is 12.1. The fourth-order valence-electron chi connectivity index (χ4n) is 3.71. The number of rotatable bonds is 6. The monoisotopic (exact) mass is 396 g/mol. The number of pyridine rings is 1. The quantitative estimate of drug-likeness (QED) is 0.693. The van der Waals surface area contributed by atoms with Crippen molar-refractivity contribution in [1.82, 2.24) is 19.6 Å². The Hall–Kier alpha value is -2.61. The molecule has 152 valence electrons. The van der Waals surface area contributed by atoms with Gasteiger partial charge >= 0.3 is 0 Å². The van der Waals surface area contributed by atoms with Gasteiger partial charge in [0.25, 0.3) is 5.56 Å². The van der Waals surface area contributed by atoms with Crippen LogP contribution in [0.1, 0.15) is 22.9 Å². The highest BCUT2D eigenvalue weighted by Crippen LogP contribution is 2.21. The maximum atomic E-state index is 13.4. The summed E-state index contributed by atoms with van der Waals surface area (Å²) < 4.78 is 20.4. The van der Waals surface area contributed by atoms with Crippen molar-refractivity contribution in [3.05, 3.63) is 81.7 Å². The lowest BCUT2D eigenvalue weighted by atomic mass is 10.0.